The molecule has 1 amide bonds. The van der Waals surface area contributed by atoms with Gasteiger partial charge in [-0.2, -0.15) is 0 Å². The van der Waals surface area contributed by atoms with Gasteiger partial charge in [0.25, 0.3) is 5.91 Å². The Balaban J connectivity index is 2.63. The highest BCUT2D eigenvalue weighted by Crippen LogP contribution is 2.43. The summed E-state index contributed by atoms with van der Waals surface area (Å²) in [6, 6.07) is 3.78. The predicted octanol–water partition coefficient (Wildman–Crippen LogP) is 2.65. The molecule has 1 aliphatic heterocycles. The van der Waals surface area contributed by atoms with Gasteiger partial charge in [0.2, 0.25) is 0 Å². The molecule has 0 radical (unpaired) electrons. The fourth-order valence-corrected chi connectivity index (χ4v) is 2.48. The van der Waals surface area contributed by atoms with Gasteiger partial charge in [0.1, 0.15) is 5.54 Å². The van der Waals surface area contributed by atoms with Crippen molar-refractivity contribution in [2.24, 2.45) is 0 Å². The maximum atomic E-state index is 12.6. The van der Waals surface area contributed by atoms with Crippen molar-refractivity contribution in [1.82, 2.24) is 0 Å². The molecule has 0 fully saturated rings. The first kappa shape index (κ1) is 14.5. The largest absolute Gasteiger partial charge is 0.493 e. The van der Waals surface area contributed by atoms with E-state index in [1.54, 1.807) is 19.1 Å². The Labute approximate surface area is 119 Å². The number of benzene rings is 1. The highest BCUT2D eigenvalue weighted by molar-refractivity contribution is 6.08. The molecule has 0 aromatic heterocycles. The van der Waals surface area contributed by atoms with E-state index < -0.39 is 5.54 Å². The van der Waals surface area contributed by atoms with Crippen molar-refractivity contribution in [3.63, 3.8) is 0 Å². The van der Waals surface area contributed by atoms with Gasteiger partial charge in [-0.05, 0) is 27.7 Å². The van der Waals surface area contributed by atoms with Gasteiger partial charge in [0, 0.05) is 18.2 Å². The number of nitrogens with one attached hydrogen (secondary N) is 1. The van der Waals surface area contributed by atoms with E-state index in [1.807, 2.05) is 39.8 Å². The molecule has 20 heavy (non-hydrogen) atoms. The Morgan fingerprint density at radius 3 is 2.20 bits per heavy atom. The number of ether oxygens (including phenoxy) is 2. The molecular weight excluding hydrogens is 256 g/mol. The van der Waals surface area contributed by atoms with Crippen LogP contribution in [0.15, 0.2) is 12.1 Å². The Kier molecular flexibility index (Phi) is 3.54. The molecule has 0 spiro atoms. The fraction of sp³-hybridized carbons (Fsp3) is 0.533. The Morgan fingerprint density at radius 2 is 1.70 bits per heavy atom. The average Bonchev–Trinajstić information content (AvgIpc) is 2.38. The van der Waals surface area contributed by atoms with Gasteiger partial charge in [-0.1, -0.05) is 0 Å². The van der Waals surface area contributed by atoms with E-state index in [1.165, 1.54) is 0 Å². The number of methoxy groups -OCH3 is 2. The third kappa shape index (κ3) is 2.17. The molecule has 1 heterocycles. The maximum absolute atomic E-state index is 12.6. The highest BCUT2D eigenvalue weighted by Gasteiger charge is 2.40. The van der Waals surface area contributed by atoms with E-state index in [2.05, 4.69) is 5.32 Å². The number of fused-ring (bicyclic) bond motifs is 1. The van der Waals surface area contributed by atoms with Crippen LogP contribution in [-0.2, 0) is 4.79 Å². The first-order valence-electron chi connectivity index (χ1n) is 6.69. The van der Waals surface area contributed by atoms with Crippen LogP contribution in [0.4, 0.5) is 11.4 Å². The van der Waals surface area contributed by atoms with Gasteiger partial charge in [0.15, 0.2) is 11.5 Å². The van der Waals surface area contributed by atoms with Crippen molar-refractivity contribution >= 4 is 17.3 Å². The molecule has 0 unspecified atom stereocenters. The van der Waals surface area contributed by atoms with Gasteiger partial charge < -0.3 is 19.7 Å². The standard InChI is InChI=1S/C15H22N2O3/c1-9(2)17-11-8-13(20-6)12(19-5)7-10(11)16-15(3,4)14(17)18/h7-9,16H,1-6H3. The molecule has 5 nitrogen and oxygen atoms in total. The van der Waals surface area contributed by atoms with Crippen LogP contribution < -0.4 is 19.7 Å². The van der Waals surface area contributed by atoms with Crippen LogP contribution >= 0.6 is 0 Å². The summed E-state index contributed by atoms with van der Waals surface area (Å²) in [7, 11) is 3.19. The molecule has 2 rings (SSSR count). The molecule has 0 atom stereocenters. The normalized spacial score (nSPS) is 16.8. The second-order valence-corrected chi connectivity index (χ2v) is 5.74. The number of carbonyl (C=O) groups is 1. The van der Waals surface area contributed by atoms with Crippen LogP contribution in [-0.4, -0.2) is 31.7 Å². The zero-order valence-corrected chi connectivity index (χ0v) is 12.9. The van der Waals surface area contributed by atoms with E-state index in [9.17, 15) is 4.79 Å². The Bertz CT molecular complexity index is 538. The van der Waals surface area contributed by atoms with Crippen LogP contribution in [0.3, 0.4) is 0 Å². The minimum Gasteiger partial charge on any atom is -0.493 e. The minimum absolute atomic E-state index is 0.0484. The molecule has 0 saturated carbocycles. The van der Waals surface area contributed by atoms with Crippen LogP contribution in [0.25, 0.3) is 0 Å². The topological polar surface area (TPSA) is 50.8 Å². The average molecular weight is 278 g/mol. The fourth-order valence-electron chi connectivity index (χ4n) is 2.48. The molecule has 110 valence electrons. The van der Waals surface area contributed by atoms with Gasteiger partial charge in [0.05, 0.1) is 25.6 Å². The molecule has 0 bridgehead atoms. The summed E-state index contributed by atoms with van der Waals surface area (Å²) in [4.78, 5) is 14.4. The molecule has 1 aliphatic rings. The minimum atomic E-state index is -0.642. The maximum Gasteiger partial charge on any atom is 0.252 e. The lowest BCUT2D eigenvalue weighted by atomic mass is 9.96. The van der Waals surface area contributed by atoms with Crippen LogP contribution in [0, 0.1) is 0 Å². The van der Waals surface area contributed by atoms with Crippen molar-refractivity contribution in [3.8, 4) is 11.5 Å². The lowest BCUT2D eigenvalue weighted by molar-refractivity contribution is -0.122. The number of rotatable bonds is 3. The van der Waals surface area contributed by atoms with E-state index in [0.29, 0.717) is 11.5 Å². The molecular formula is C15H22N2O3. The number of anilines is 2. The first-order chi connectivity index (χ1) is 9.31. The second-order valence-electron chi connectivity index (χ2n) is 5.74. The molecule has 0 saturated heterocycles. The summed E-state index contributed by atoms with van der Waals surface area (Å²) in [6.45, 7) is 7.76. The van der Waals surface area contributed by atoms with Crippen LogP contribution in [0.2, 0.25) is 0 Å². The first-order valence-corrected chi connectivity index (χ1v) is 6.69. The number of nitrogens with zero attached hydrogens (tertiary/aromatic N) is 1. The SMILES string of the molecule is COc1cc2c(cc1OC)N(C(C)C)C(=O)C(C)(C)N2. The summed E-state index contributed by atoms with van der Waals surface area (Å²) in [5.41, 5.74) is 1.06. The zero-order chi connectivity index (χ0) is 15.1. The monoisotopic (exact) mass is 278 g/mol. The quantitative estimate of drug-likeness (QED) is 0.923. The van der Waals surface area contributed by atoms with E-state index in [-0.39, 0.29) is 11.9 Å². The van der Waals surface area contributed by atoms with Crippen molar-refractivity contribution in [3.05, 3.63) is 12.1 Å². The Morgan fingerprint density at radius 1 is 1.15 bits per heavy atom. The highest BCUT2D eigenvalue weighted by atomic mass is 16.5. The summed E-state index contributed by atoms with van der Waals surface area (Å²) in [5, 5.41) is 3.27. The number of amides is 1. The van der Waals surface area contributed by atoms with Crippen molar-refractivity contribution in [2.75, 3.05) is 24.4 Å². The van der Waals surface area contributed by atoms with Gasteiger partial charge in [-0.15, -0.1) is 0 Å². The Hall–Kier alpha value is -1.91. The van der Waals surface area contributed by atoms with Crippen molar-refractivity contribution in [2.45, 2.75) is 39.3 Å². The number of hydrogen-bond donors (Lipinski definition) is 1. The molecule has 5 heteroatoms. The molecule has 1 aromatic rings. The summed E-state index contributed by atoms with van der Waals surface area (Å²) in [5.74, 6) is 1.31. The molecule has 0 aliphatic carbocycles. The molecule has 1 N–H and O–H groups in total. The molecule has 1 aromatic carbocycles. The smallest absolute Gasteiger partial charge is 0.252 e. The van der Waals surface area contributed by atoms with Crippen LogP contribution in [0.5, 0.6) is 11.5 Å². The third-order valence-corrected chi connectivity index (χ3v) is 3.48. The number of hydrogen-bond acceptors (Lipinski definition) is 4. The van der Waals surface area contributed by atoms with E-state index in [0.717, 1.165) is 11.4 Å². The lowest BCUT2D eigenvalue weighted by Gasteiger charge is -2.42. The lowest BCUT2D eigenvalue weighted by Crippen LogP contribution is -2.56. The number of carbonyl (C=O) groups excluding carboxylic acids is 1. The zero-order valence-electron chi connectivity index (χ0n) is 12.9. The van der Waals surface area contributed by atoms with Crippen LogP contribution in [0.1, 0.15) is 27.7 Å². The summed E-state index contributed by atoms with van der Waals surface area (Å²) >= 11 is 0. The van der Waals surface area contributed by atoms with E-state index >= 15 is 0 Å². The van der Waals surface area contributed by atoms with Crippen molar-refractivity contribution < 1.29 is 14.3 Å². The van der Waals surface area contributed by atoms with E-state index in [4.69, 9.17) is 9.47 Å². The van der Waals surface area contributed by atoms with Crippen molar-refractivity contribution in [1.29, 1.82) is 0 Å². The predicted molar refractivity (Wildman–Crippen MR) is 79.9 cm³/mol. The summed E-state index contributed by atoms with van der Waals surface area (Å²) in [6.07, 6.45) is 0. The second kappa shape index (κ2) is 4.89. The third-order valence-electron chi connectivity index (χ3n) is 3.48. The van der Waals surface area contributed by atoms with Gasteiger partial charge in [-0.3, -0.25) is 4.79 Å². The van der Waals surface area contributed by atoms with Gasteiger partial charge in [-0.25, -0.2) is 0 Å². The van der Waals surface area contributed by atoms with Gasteiger partial charge >= 0.3 is 0 Å². The summed E-state index contributed by atoms with van der Waals surface area (Å²) < 4.78 is 10.7.